The highest BCUT2D eigenvalue weighted by Crippen LogP contribution is 2.27. The molecule has 0 radical (unpaired) electrons. The number of hydrogen-bond acceptors (Lipinski definition) is 4. The fourth-order valence-corrected chi connectivity index (χ4v) is 2.50. The van der Waals surface area contributed by atoms with Gasteiger partial charge in [-0.05, 0) is 42.2 Å². The van der Waals surface area contributed by atoms with Gasteiger partial charge in [-0.15, -0.1) is 0 Å². The Hall–Kier alpha value is -1.78. The summed E-state index contributed by atoms with van der Waals surface area (Å²) >= 11 is 0. The minimum atomic E-state index is 0.0551. The standard InChI is InChI=1S/C15H18N2O2/c16-17-13(15-2-1-8-18-15)5-3-11-4-6-14-12(10-11)7-9-19-14/h1-2,4,6,8,10,13,17H,3,5,7,9,16H2. The molecule has 1 unspecified atom stereocenters. The minimum Gasteiger partial charge on any atom is -0.493 e. The van der Waals surface area contributed by atoms with Crippen molar-refractivity contribution in [2.24, 2.45) is 5.84 Å². The number of aryl methyl sites for hydroxylation is 1. The number of furan rings is 1. The Morgan fingerprint density at radius 2 is 2.26 bits per heavy atom. The van der Waals surface area contributed by atoms with Crippen molar-refractivity contribution in [3.05, 3.63) is 53.5 Å². The first-order chi connectivity index (χ1) is 9.36. The lowest BCUT2D eigenvalue weighted by Crippen LogP contribution is -2.28. The minimum absolute atomic E-state index is 0.0551. The third kappa shape index (κ3) is 2.64. The van der Waals surface area contributed by atoms with E-state index >= 15 is 0 Å². The zero-order chi connectivity index (χ0) is 13.1. The second kappa shape index (κ2) is 5.47. The van der Waals surface area contributed by atoms with Crippen LogP contribution in [0.4, 0.5) is 0 Å². The Balaban J connectivity index is 1.65. The molecule has 1 aliphatic rings. The van der Waals surface area contributed by atoms with Crippen LogP contribution in [-0.4, -0.2) is 6.61 Å². The highest BCUT2D eigenvalue weighted by atomic mass is 16.5. The molecule has 0 aliphatic carbocycles. The Labute approximate surface area is 112 Å². The lowest BCUT2D eigenvalue weighted by atomic mass is 10.0. The van der Waals surface area contributed by atoms with E-state index in [4.69, 9.17) is 15.0 Å². The van der Waals surface area contributed by atoms with E-state index in [0.29, 0.717) is 0 Å². The maximum atomic E-state index is 5.59. The SMILES string of the molecule is NNC(CCc1ccc2c(c1)CCO2)c1ccco1. The lowest BCUT2D eigenvalue weighted by molar-refractivity contribution is 0.356. The summed E-state index contributed by atoms with van der Waals surface area (Å²) in [4.78, 5) is 0. The second-order valence-electron chi connectivity index (χ2n) is 4.81. The first kappa shape index (κ1) is 12.3. The van der Waals surface area contributed by atoms with Gasteiger partial charge in [0, 0.05) is 6.42 Å². The summed E-state index contributed by atoms with van der Waals surface area (Å²) < 4.78 is 10.9. The van der Waals surface area contributed by atoms with Crippen LogP contribution in [0.1, 0.15) is 29.3 Å². The number of fused-ring (bicyclic) bond motifs is 1. The van der Waals surface area contributed by atoms with Crippen LogP contribution in [0.3, 0.4) is 0 Å². The zero-order valence-electron chi connectivity index (χ0n) is 10.8. The summed E-state index contributed by atoms with van der Waals surface area (Å²) in [6.07, 6.45) is 4.55. The molecule has 0 spiro atoms. The van der Waals surface area contributed by atoms with E-state index in [2.05, 4.69) is 23.6 Å². The average Bonchev–Trinajstić information content (AvgIpc) is 3.10. The van der Waals surface area contributed by atoms with Crippen LogP contribution in [0.25, 0.3) is 0 Å². The third-order valence-electron chi connectivity index (χ3n) is 3.56. The van der Waals surface area contributed by atoms with Crippen LogP contribution in [0.15, 0.2) is 41.0 Å². The molecule has 1 aromatic heterocycles. The van der Waals surface area contributed by atoms with Crippen LogP contribution in [-0.2, 0) is 12.8 Å². The molecule has 100 valence electrons. The molecule has 1 aliphatic heterocycles. The van der Waals surface area contributed by atoms with Gasteiger partial charge >= 0.3 is 0 Å². The molecule has 2 aromatic rings. The lowest BCUT2D eigenvalue weighted by Gasteiger charge is -2.13. The third-order valence-corrected chi connectivity index (χ3v) is 3.56. The molecule has 4 nitrogen and oxygen atoms in total. The predicted molar refractivity (Wildman–Crippen MR) is 72.7 cm³/mol. The van der Waals surface area contributed by atoms with Crippen molar-refractivity contribution in [3.63, 3.8) is 0 Å². The predicted octanol–water partition coefficient (Wildman–Crippen LogP) is 2.35. The molecule has 0 saturated carbocycles. The van der Waals surface area contributed by atoms with Crippen molar-refractivity contribution >= 4 is 0 Å². The monoisotopic (exact) mass is 258 g/mol. The van der Waals surface area contributed by atoms with Gasteiger partial charge in [-0.2, -0.15) is 0 Å². The molecule has 2 heterocycles. The number of benzene rings is 1. The smallest absolute Gasteiger partial charge is 0.122 e. The highest BCUT2D eigenvalue weighted by Gasteiger charge is 2.15. The van der Waals surface area contributed by atoms with Crippen LogP contribution in [0, 0.1) is 0 Å². The largest absolute Gasteiger partial charge is 0.493 e. The van der Waals surface area contributed by atoms with Crippen LogP contribution in [0.5, 0.6) is 5.75 Å². The first-order valence-electron chi connectivity index (χ1n) is 6.61. The molecular weight excluding hydrogens is 240 g/mol. The molecule has 0 fully saturated rings. The Morgan fingerprint density at radius 3 is 3.05 bits per heavy atom. The molecule has 1 aromatic carbocycles. The van der Waals surface area contributed by atoms with Gasteiger partial charge in [-0.3, -0.25) is 5.84 Å². The van der Waals surface area contributed by atoms with E-state index in [9.17, 15) is 0 Å². The highest BCUT2D eigenvalue weighted by molar-refractivity contribution is 5.39. The van der Waals surface area contributed by atoms with E-state index in [1.165, 1.54) is 11.1 Å². The van der Waals surface area contributed by atoms with Gasteiger partial charge in [0.15, 0.2) is 0 Å². The van der Waals surface area contributed by atoms with Crippen molar-refractivity contribution in [3.8, 4) is 5.75 Å². The molecule has 19 heavy (non-hydrogen) atoms. The van der Waals surface area contributed by atoms with Crippen molar-refractivity contribution < 1.29 is 9.15 Å². The molecule has 3 rings (SSSR count). The van der Waals surface area contributed by atoms with Gasteiger partial charge in [-0.1, -0.05) is 12.1 Å². The van der Waals surface area contributed by atoms with Crippen LogP contribution < -0.4 is 16.0 Å². The summed E-state index contributed by atoms with van der Waals surface area (Å²) in [5.41, 5.74) is 5.44. The molecule has 0 amide bonds. The Bertz CT molecular complexity index is 537. The summed E-state index contributed by atoms with van der Waals surface area (Å²) in [5.74, 6) is 7.50. The van der Waals surface area contributed by atoms with Gasteiger partial charge in [0.2, 0.25) is 0 Å². The van der Waals surface area contributed by atoms with E-state index in [-0.39, 0.29) is 6.04 Å². The fraction of sp³-hybridized carbons (Fsp3) is 0.333. The molecule has 0 bridgehead atoms. The summed E-state index contributed by atoms with van der Waals surface area (Å²) in [7, 11) is 0. The average molecular weight is 258 g/mol. The summed E-state index contributed by atoms with van der Waals surface area (Å²) in [5, 5.41) is 0. The molecule has 1 atom stereocenters. The zero-order valence-corrected chi connectivity index (χ0v) is 10.8. The molecule has 3 N–H and O–H groups in total. The first-order valence-corrected chi connectivity index (χ1v) is 6.61. The van der Waals surface area contributed by atoms with Crippen molar-refractivity contribution in [1.29, 1.82) is 0 Å². The summed E-state index contributed by atoms with van der Waals surface area (Å²) in [6.45, 7) is 0.804. The molecule has 0 saturated heterocycles. The molecular formula is C15H18N2O2. The van der Waals surface area contributed by atoms with Gasteiger partial charge in [0.05, 0.1) is 18.9 Å². The number of hydrogen-bond donors (Lipinski definition) is 2. The van der Waals surface area contributed by atoms with E-state index in [0.717, 1.165) is 37.4 Å². The maximum Gasteiger partial charge on any atom is 0.122 e. The van der Waals surface area contributed by atoms with E-state index in [1.807, 2.05) is 12.1 Å². The summed E-state index contributed by atoms with van der Waals surface area (Å²) in [6, 6.07) is 10.3. The number of nitrogens with two attached hydrogens (primary N) is 1. The quantitative estimate of drug-likeness (QED) is 0.638. The van der Waals surface area contributed by atoms with Crippen molar-refractivity contribution in [2.45, 2.75) is 25.3 Å². The van der Waals surface area contributed by atoms with Gasteiger partial charge in [0.1, 0.15) is 11.5 Å². The van der Waals surface area contributed by atoms with Gasteiger partial charge < -0.3 is 9.15 Å². The van der Waals surface area contributed by atoms with Crippen molar-refractivity contribution in [1.82, 2.24) is 5.43 Å². The number of ether oxygens (including phenoxy) is 1. The van der Waals surface area contributed by atoms with Crippen LogP contribution in [0.2, 0.25) is 0 Å². The van der Waals surface area contributed by atoms with E-state index < -0.39 is 0 Å². The Morgan fingerprint density at radius 1 is 1.32 bits per heavy atom. The van der Waals surface area contributed by atoms with Crippen LogP contribution >= 0.6 is 0 Å². The number of rotatable bonds is 5. The number of hydrazine groups is 1. The molecule has 4 heteroatoms. The van der Waals surface area contributed by atoms with Gasteiger partial charge in [-0.25, -0.2) is 5.43 Å². The Kier molecular flexibility index (Phi) is 3.53. The maximum absolute atomic E-state index is 5.59. The number of nitrogens with one attached hydrogen (secondary N) is 1. The fourth-order valence-electron chi connectivity index (χ4n) is 2.50. The van der Waals surface area contributed by atoms with Crippen molar-refractivity contribution in [2.75, 3.05) is 6.61 Å². The normalized spacial score (nSPS) is 15.0. The van der Waals surface area contributed by atoms with E-state index in [1.54, 1.807) is 6.26 Å². The van der Waals surface area contributed by atoms with Gasteiger partial charge in [0.25, 0.3) is 0 Å². The second-order valence-corrected chi connectivity index (χ2v) is 4.81. The topological polar surface area (TPSA) is 60.4 Å².